The van der Waals surface area contributed by atoms with Crippen molar-refractivity contribution in [1.82, 2.24) is 9.55 Å². The fourth-order valence-corrected chi connectivity index (χ4v) is 8.97. The average molecular weight is 788 g/mol. The molecule has 0 bridgehead atoms. The fraction of sp³-hybridized carbons (Fsp3) is 0.235. The smallest absolute Gasteiger partial charge is 0.371 e. The van der Waals surface area contributed by atoms with Gasteiger partial charge in [0, 0.05) is 19.2 Å². The largest absolute Gasteiger partial charge is 0.490 e. The first-order valence-electron chi connectivity index (χ1n) is 16.2. The highest BCUT2D eigenvalue weighted by Crippen LogP contribution is 2.68. The molecule has 6 rings (SSSR count). The number of rotatable bonds is 17. The molecule has 4 N–H and O–H groups in total. The van der Waals surface area contributed by atoms with Gasteiger partial charge in [0.15, 0.2) is 0 Å². The van der Waals surface area contributed by atoms with Crippen LogP contribution >= 0.6 is 23.5 Å². The second-order valence-corrected chi connectivity index (χ2v) is 16.5. The minimum Gasteiger partial charge on any atom is -0.371 e. The van der Waals surface area contributed by atoms with Gasteiger partial charge in [0.2, 0.25) is 0 Å². The second kappa shape index (κ2) is 17.1. The summed E-state index contributed by atoms with van der Waals surface area (Å²) < 4.78 is 69.5. The van der Waals surface area contributed by atoms with Crippen molar-refractivity contribution in [2.24, 2.45) is 0 Å². The van der Waals surface area contributed by atoms with Gasteiger partial charge in [0.25, 0.3) is 0 Å². The van der Waals surface area contributed by atoms with Gasteiger partial charge in [-0.1, -0.05) is 97.1 Å². The second-order valence-electron chi connectivity index (χ2n) is 11.9. The van der Waals surface area contributed by atoms with Crippen LogP contribution in [0.25, 0.3) is 10.8 Å². The van der Waals surface area contributed by atoms with Crippen molar-refractivity contribution in [3.8, 4) is 0 Å². The standard InChI is InChI=1S/C34H36N3O13P3/c38-34-36-32(35-21-25-9-3-1-4-10-25)17-18-37(34)33-20-30(45-22-26-11-5-2-6-12-26)31(48-33)24-47-52(41,42)50-53(43,44)49-51(39,40)46-23-27-15-16-28-13-7-8-14-29(28)19-27/h1-19,30-31,33H,20-24H2,(H,39,40)(H,41,42)(H,43,44)(H,35,36,38)/t30?,31-,33-/m1/s1. The van der Waals surface area contributed by atoms with Crippen LogP contribution in [-0.2, 0) is 60.6 Å². The number of aromatic nitrogens is 2. The van der Waals surface area contributed by atoms with E-state index in [1.807, 2.05) is 78.9 Å². The first-order chi connectivity index (χ1) is 25.3. The molecule has 1 fully saturated rings. The zero-order valence-corrected chi connectivity index (χ0v) is 30.6. The van der Waals surface area contributed by atoms with Gasteiger partial charge in [-0.15, -0.1) is 0 Å². The molecule has 0 radical (unpaired) electrons. The number of nitrogens with one attached hydrogen (secondary N) is 1. The maximum Gasteiger partial charge on any atom is 0.490 e. The van der Waals surface area contributed by atoms with Crippen molar-refractivity contribution < 1.29 is 55.5 Å². The Labute approximate surface area is 303 Å². The van der Waals surface area contributed by atoms with Gasteiger partial charge in [-0.3, -0.25) is 13.6 Å². The lowest BCUT2D eigenvalue weighted by molar-refractivity contribution is -0.0645. The Morgan fingerprint density at radius 1 is 0.736 bits per heavy atom. The van der Waals surface area contributed by atoms with E-state index < -0.39 is 60.8 Å². The van der Waals surface area contributed by atoms with E-state index in [4.69, 9.17) is 18.5 Å². The van der Waals surface area contributed by atoms with Crippen molar-refractivity contribution in [2.45, 2.75) is 44.6 Å². The summed E-state index contributed by atoms with van der Waals surface area (Å²) in [5.41, 5.74) is 1.61. The fourth-order valence-electron chi connectivity index (χ4n) is 5.47. The highest BCUT2D eigenvalue weighted by Gasteiger charge is 2.44. The van der Waals surface area contributed by atoms with E-state index in [0.29, 0.717) is 17.9 Å². The summed E-state index contributed by atoms with van der Waals surface area (Å²) in [6.45, 7) is -0.666. The van der Waals surface area contributed by atoms with E-state index in [0.717, 1.165) is 21.9 Å². The summed E-state index contributed by atoms with van der Waals surface area (Å²) in [7, 11) is -16.5. The van der Waals surface area contributed by atoms with Crippen molar-refractivity contribution >= 4 is 40.1 Å². The Kier molecular flexibility index (Phi) is 12.5. The minimum atomic E-state index is -5.73. The summed E-state index contributed by atoms with van der Waals surface area (Å²) in [6.07, 6.45) is -1.25. The molecule has 1 aliphatic heterocycles. The van der Waals surface area contributed by atoms with Crippen LogP contribution in [0.15, 0.2) is 120 Å². The number of fused-ring (bicyclic) bond motifs is 1. The normalized spacial score (nSPS) is 20.7. The number of phosphoric ester groups is 2. The molecule has 0 amide bonds. The topological polar surface area (TPSA) is 214 Å². The molecule has 53 heavy (non-hydrogen) atoms. The first kappa shape index (κ1) is 38.9. The zero-order chi connectivity index (χ0) is 37.5. The lowest BCUT2D eigenvalue weighted by Crippen LogP contribution is -2.29. The van der Waals surface area contributed by atoms with Gasteiger partial charge in [-0.05, 0) is 39.6 Å². The predicted molar refractivity (Wildman–Crippen MR) is 192 cm³/mol. The molecule has 19 heteroatoms. The summed E-state index contributed by atoms with van der Waals surface area (Å²) in [5, 5.41) is 4.81. The number of hydrogen-bond donors (Lipinski definition) is 4. The van der Waals surface area contributed by atoms with E-state index in [1.165, 1.54) is 10.8 Å². The van der Waals surface area contributed by atoms with Gasteiger partial charge in [-0.2, -0.15) is 13.6 Å². The molecule has 1 aliphatic rings. The molecule has 2 heterocycles. The molecule has 0 spiro atoms. The van der Waals surface area contributed by atoms with Crippen molar-refractivity contribution in [3.05, 3.63) is 143 Å². The van der Waals surface area contributed by atoms with Crippen LogP contribution in [0.5, 0.6) is 0 Å². The Hall–Kier alpha value is -3.85. The molecule has 5 aromatic rings. The van der Waals surface area contributed by atoms with Gasteiger partial charge < -0.3 is 29.5 Å². The molecule has 4 unspecified atom stereocenters. The number of nitrogens with zero attached hydrogens (tertiary/aromatic N) is 2. The van der Waals surface area contributed by atoms with Crippen LogP contribution in [0.1, 0.15) is 29.3 Å². The Morgan fingerprint density at radius 3 is 2.08 bits per heavy atom. The molecule has 6 atom stereocenters. The van der Waals surface area contributed by atoms with Crippen molar-refractivity contribution in [3.63, 3.8) is 0 Å². The average Bonchev–Trinajstić information content (AvgIpc) is 3.54. The van der Waals surface area contributed by atoms with Gasteiger partial charge in [-0.25, -0.2) is 18.5 Å². The lowest BCUT2D eigenvalue weighted by Gasteiger charge is -2.22. The Balaban J connectivity index is 1.07. The highest BCUT2D eigenvalue weighted by atomic mass is 31.3. The molecule has 0 saturated carbocycles. The quantitative estimate of drug-likeness (QED) is 0.0746. The molecular formula is C34H36N3O13P3. The molecule has 4 aromatic carbocycles. The van der Waals surface area contributed by atoms with E-state index in [9.17, 15) is 33.2 Å². The summed E-state index contributed by atoms with van der Waals surface area (Å²) in [5.74, 6) is 0.338. The zero-order valence-electron chi connectivity index (χ0n) is 27.9. The molecule has 0 aliphatic carbocycles. The van der Waals surface area contributed by atoms with E-state index in [1.54, 1.807) is 30.3 Å². The highest BCUT2D eigenvalue weighted by molar-refractivity contribution is 7.66. The van der Waals surface area contributed by atoms with Crippen LogP contribution < -0.4 is 11.0 Å². The molecule has 1 saturated heterocycles. The number of benzene rings is 4. The van der Waals surface area contributed by atoms with Crippen molar-refractivity contribution in [2.75, 3.05) is 11.9 Å². The molecule has 280 valence electrons. The molecule has 1 aromatic heterocycles. The third-order valence-electron chi connectivity index (χ3n) is 7.97. The summed E-state index contributed by atoms with van der Waals surface area (Å²) in [6, 6.07) is 32.6. The monoisotopic (exact) mass is 787 g/mol. The van der Waals surface area contributed by atoms with Gasteiger partial charge >= 0.3 is 29.2 Å². The molecule has 16 nitrogen and oxygen atoms in total. The maximum absolute atomic E-state index is 13.0. The number of ether oxygens (including phenoxy) is 2. The van der Waals surface area contributed by atoms with Crippen LogP contribution in [0.2, 0.25) is 0 Å². The van der Waals surface area contributed by atoms with Crippen molar-refractivity contribution in [1.29, 1.82) is 0 Å². The summed E-state index contributed by atoms with van der Waals surface area (Å²) >= 11 is 0. The number of hydrogen-bond acceptors (Lipinski definition) is 12. The first-order valence-corrected chi connectivity index (χ1v) is 20.7. The summed E-state index contributed by atoms with van der Waals surface area (Å²) in [4.78, 5) is 47.6. The van der Waals surface area contributed by atoms with E-state index >= 15 is 0 Å². The van der Waals surface area contributed by atoms with Gasteiger partial charge in [0.1, 0.15) is 18.1 Å². The third kappa shape index (κ3) is 11.3. The van der Waals surface area contributed by atoms with Crippen LogP contribution in [0.3, 0.4) is 0 Å². The lowest BCUT2D eigenvalue weighted by atomic mass is 10.1. The number of phosphoric acid groups is 3. The maximum atomic E-state index is 13.0. The van der Waals surface area contributed by atoms with Crippen LogP contribution in [-0.4, -0.2) is 43.0 Å². The third-order valence-corrected chi connectivity index (χ3v) is 12.2. The Morgan fingerprint density at radius 2 is 1.38 bits per heavy atom. The number of anilines is 1. The van der Waals surface area contributed by atoms with Crippen LogP contribution in [0.4, 0.5) is 5.82 Å². The van der Waals surface area contributed by atoms with Gasteiger partial charge in [0.05, 0.1) is 25.9 Å². The molecular weight excluding hydrogens is 751 g/mol. The van der Waals surface area contributed by atoms with Crippen LogP contribution in [0, 0.1) is 0 Å². The van der Waals surface area contributed by atoms with E-state index in [-0.39, 0.29) is 13.0 Å². The SMILES string of the molecule is O=c1nc(NCc2ccccc2)ccn1[C@H]1CC(OCc2ccccc2)[C@@H](COP(=O)(O)OP(=O)(O)OP(=O)(O)OCc2ccc3ccccc3c2)O1. The minimum absolute atomic E-state index is 0.0969. The van der Waals surface area contributed by atoms with E-state index in [2.05, 4.69) is 18.9 Å². The Bertz CT molecular complexity index is 2210. The predicted octanol–water partition coefficient (Wildman–Crippen LogP) is 6.45.